The van der Waals surface area contributed by atoms with Crippen LogP contribution < -0.4 is 5.32 Å². The summed E-state index contributed by atoms with van der Waals surface area (Å²) >= 11 is 0. The highest BCUT2D eigenvalue weighted by molar-refractivity contribution is 5.94. The molecule has 7 heteroatoms. The van der Waals surface area contributed by atoms with E-state index in [0.717, 1.165) is 38.5 Å². The second-order valence-electron chi connectivity index (χ2n) is 5.91. The third kappa shape index (κ3) is 4.32. The van der Waals surface area contributed by atoms with Crippen LogP contribution >= 0.6 is 0 Å². The number of furan rings is 1. The SMILES string of the molecule is CO[C@@H]1COCC[C@H]1NC(=O)c1coc(CN2CCOCC2)c1. The summed E-state index contributed by atoms with van der Waals surface area (Å²) in [4.78, 5) is 14.6. The maximum Gasteiger partial charge on any atom is 0.254 e. The monoisotopic (exact) mass is 324 g/mol. The van der Waals surface area contributed by atoms with Gasteiger partial charge < -0.3 is 23.9 Å². The zero-order chi connectivity index (χ0) is 16.1. The zero-order valence-corrected chi connectivity index (χ0v) is 13.5. The van der Waals surface area contributed by atoms with E-state index in [2.05, 4.69) is 10.2 Å². The van der Waals surface area contributed by atoms with Gasteiger partial charge in [0, 0.05) is 26.8 Å². The van der Waals surface area contributed by atoms with Crippen LogP contribution in [0.1, 0.15) is 22.5 Å². The lowest BCUT2D eigenvalue weighted by Gasteiger charge is -2.30. The normalized spacial score (nSPS) is 26.1. The van der Waals surface area contributed by atoms with Crippen LogP contribution in [-0.4, -0.2) is 69.6 Å². The summed E-state index contributed by atoms with van der Waals surface area (Å²) in [6, 6.07) is 1.78. The molecular formula is C16H24N2O5. The van der Waals surface area contributed by atoms with Gasteiger partial charge in [0.15, 0.2) is 0 Å². The van der Waals surface area contributed by atoms with E-state index in [1.165, 1.54) is 6.26 Å². The molecule has 1 amide bonds. The molecule has 1 aromatic rings. The Morgan fingerprint density at radius 3 is 2.96 bits per heavy atom. The molecule has 0 unspecified atom stereocenters. The Balaban J connectivity index is 1.55. The van der Waals surface area contributed by atoms with Gasteiger partial charge in [-0.25, -0.2) is 0 Å². The third-order valence-corrected chi connectivity index (χ3v) is 4.32. The van der Waals surface area contributed by atoms with E-state index in [9.17, 15) is 4.79 Å². The number of hydrogen-bond acceptors (Lipinski definition) is 6. The van der Waals surface area contributed by atoms with Crippen molar-refractivity contribution >= 4 is 5.91 Å². The molecule has 2 aliphatic heterocycles. The molecule has 2 aliphatic rings. The van der Waals surface area contributed by atoms with Crippen LogP contribution in [0.4, 0.5) is 0 Å². The van der Waals surface area contributed by atoms with Gasteiger partial charge in [-0.15, -0.1) is 0 Å². The predicted molar refractivity (Wildman–Crippen MR) is 82.3 cm³/mol. The number of ether oxygens (including phenoxy) is 3. The number of methoxy groups -OCH3 is 1. The zero-order valence-electron chi connectivity index (χ0n) is 13.5. The Morgan fingerprint density at radius 2 is 2.17 bits per heavy atom. The smallest absolute Gasteiger partial charge is 0.254 e. The molecule has 0 spiro atoms. The van der Waals surface area contributed by atoms with Crippen LogP contribution in [0.3, 0.4) is 0 Å². The Bertz CT molecular complexity index is 512. The molecule has 0 aromatic carbocycles. The number of nitrogens with one attached hydrogen (secondary N) is 1. The molecule has 0 saturated carbocycles. The first-order chi connectivity index (χ1) is 11.3. The van der Waals surface area contributed by atoms with Crippen molar-refractivity contribution in [3.05, 3.63) is 23.7 Å². The molecule has 2 fully saturated rings. The van der Waals surface area contributed by atoms with Gasteiger partial charge in [-0.2, -0.15) is 0 Å². The van der Waals surface area contributed by atoms with Gasteiger partial charge in [0.1, 0.15) is 18.1 Å². The topological polar surface area (TPSA) is 73.2 Å². The first-order valence-electron chi connectivity index (χ1n) is 8.05. The quantitative estimate of drug-likeness (QED) is 0.857. The van der Waals surface area contributed by atoms with E-state index < -0.39 is 0 Å². The third-order valence-electron chi connectivity index (χ3n) is 4.32. The molecule has 1 N–H and O–H groups in total. The number of rotatable bonds is 5. The molecular weight excluding hydrogens is 300 g/mol. The van der Waals surface area contributed by atoms with Gasteiger partial charge in [-0.3, -0.25) is 9.69 Å². The number of carbonyl (C=O) groups excluding carboxylic acids is 1. The van der Waals surface area contributed by atoms with Gasteiger partial charge in [0.2, 0.25) is 0 Å². The van der Waals surface area contributed by atoms with Crippen molar-refractivity contribution in [2.24, 2.45) is 0 Å². The minimum absolute atomic E-state index is 0.0288. The van der Waals surface area contributed by atoms with Crippen molar-refractivity contribution in [1.82, 2.24) is 10.2 Å². The van der Waals surface area contributed by atoms with E-state index in [1.807, 2.05) is 6.07 Å². The lowest BCUT2D eigenvalue weighted by atomic mass is 10.1. The molecule has 0 radical (unpaired) electrons. The minimum Gasteiger partial charge on any atom is -0.467 e. The average Bonchev–Trinajstić information content (AvgIpc) is 3.05. The summed E-state index contributed by atoms with van der Waals surface area (Å²) in [7, 11) is 1.64. The Hall–Kier alpha value is -1.41. The van der Waals surface area contributed by atoms with Crippen molar-refractivity contribution in [1.29, 1.82) is 0 Å². The van der Waals surface area contributed by atoms with Gasteiger partial charge in [0.25, 0.3) is 5.91 Å². The molecule has 0 bridgehead atoms. The Labute approximate surface area is 135 Å². The van der Waals surface area contributed by atoms with E-state index in [1.54, 1.807) is 7.11 Å². The van der Waals surface area contributed by atoms with Crippen LogP contribution in [0.5, 0.6) is 0 Å². The Kier molecular flexibility index (Phi) is 5.66. The first-order valence-corrected chi connectivity index (χ1v) is 8.05. The molecule has 3 heterocycles. The molecule has 2 saturated heterocycles. The maximum atomic E-state index is 12.4. The number of hydrogen-bond donors (Lipinski definition) is 1. The summed E-state index contributed by atoms with van der Waals surface area (Å²) in [5, 5.41) is 3.02. The molecule has 3 rings (SSSR count). The fraction of sp³-hybridized carbons (Fsp3) is 0.688. The Morgan fingerprint density at radius 1 is 1.35 bits per heavy atom. The lowest BCUT2D eigenvalue weighted by Crippen LogP contribution is -2.49. The second-order valence-corrected chi connectivity index (χ2v) is 5.91. The van der Waals surface area contributed by atoms with Crippen LogP contribution in [0, 0.1) is 0 Å². The van der Waals surface area contributed by atoms with Crippen LogP contribution in [0.15, 0.2) is 16.7 Å². The van der Waals surface area contributed by atoms with Crippen molar-refractivity contribution < 1.29 is 23.4 Å². The molecule has 128 valence electrons. The number of carbonyl (C=O) groups is 1. The standard InChI is InChI=1S/C16H24N2O5/c1-20-15-11-22-5-2-14(15)17-16(19)12-8-13(23-10-12)9-18-3-6-21-7-4-18/h8,10,14-15H,2-7,9,11H2,1H3,(H,17,19)/t14-,15-/m1/s1. The molecule has 7 nitrogen and oxygen atoms in total. The number of nitrogens with zero attached hydrogens (tertiary/aromatic N) is 1. The predicted octanol–water partition coefficient (Wildman–Crippen LogP) is 0.646. The lowest BCUT2D eigenvalue weighted by molar-refractivity contribution is -0.0479. The minimum atomic E-state index is -0.129. The van der Waals surface area contributed by atoms with Crippen molar-refractivity contribution in [2.75, 3.05) is 46.6 Å². The summed E-state index contributed by atoms with van der Waals surface area (Å²) in [6.07, 6.45) is 2.17. The highest BCUT2D eigenvalue weighted by atomic mass is 16.5. The number of morpholine rings is 1. The summed E-state index contributed by atoms with van der Waals surface area (Å²) in [5.41, 5.74) is 0.551. The van der Waals surface area contributed by atoms with Crippen molar-refractivity contribution in [2.45, 2.75) is 25.1 Å². The van der Waals surface area contributed by atoms with Gasteiger partial charge in [0.05, 0.1) is 38.0 Å². The summed E-state index contributed by atoms with van der Waals surface area (Å²) < 4.78 is 21.6. The fourth-order valence-corrected chi connectivity index (χ4v) is 2.92. The van der Waals surface area contributed by atoms with Gasteiger partial charge >= 0.3 is 0 Å². The van der Waals surface area contributed by atoms with Crippen LogP contribution in [0.2, 0.25) is 0 Å². The molecule has 1 aromatic heterocycles. The van der Waals surface area contributed by atoms with Crippen molar-refractivity contribution in [3.63, 3.8) is 0 Å². The molecule has 23 heavy (non-hydrogen) atoms. The highest BCUT2D eigenvalue weighted by Gasteiger charge is 2.27. The van der Waals surface area contributed by atoms with Crippen molar-refractivity contribution in [3.8, 4) is 0 Å². The van der Waals surface area contributed by atoms with Gasteiger partial charge in [-0.1, -0.05) is 0 Å². The van der Waals surface area contributed by atoms with E-state index in [4.69, 9.17) is 18.6 Å². The fourth-order valence-electron chi connectivity index (χ4n) is 2.92. The summed E-state index contributed by atoms with van der Waals surface area (Å²) in [5.74, 6) is 0.670. The maximum absolute atomic E-state index is 12.4. The van der Waals surface area contributed by atoms with Crippen LogP contribution in [-0.2, 0) is 20.8 Å². The molecule has 2 atom stereocenters. The van der Waals surface area contributed by atoms with E-state index in [0.29, 0.717) is 25.3 Å². The molecule has 0 aliphatic carbocycles. The van der Waals surface area contributed by atoms with Crippen LogP contribution in [0.25, 0.3) is 0 Å². The van der Waals surface area contributed by atoms with E-state index in [-0.39, 0.29) is 18.1 Å². The second kappa shape index (κ2) is 7.92. The first kappa shape index (κ1) is 16.4. The largest absolute Gasteiger partial charge is 0.467 e. The highest BCUT2D eigenvalue weighted by Crippen LogP contribution is 2.15. The van der Waals surface area contributed by atoms with E-state index >= 15 is 0 Å². The summed E-state index contributed by atoms with van der Waals surface area (Å²) in [6.45, 7) is 5.12. The van der Waals surface area contributed by atoms with Gasteiger partial charge in [-0.05, 0) is 12.5 Å². The number of amides is 1. The average molecular weight is 324 g/mol.